The highest BCUT2D eigenvalue weighted by atomic mass is 79.9. The van der Waals surface area contributed by atoms with Crippen LogP contribution in [0.2, 0.25) is 10.0 Å². The molecule has 2 rings (SSSR count). The van der Waals surface area contributed by atoms with E-state index in [-0.39, 0.29) is 11.7 Å². The Morgan fingerprint density at radius 3 is 2.57 bits per heavy atom. The highest BCUT2D eigenvalue weighted by molar-refractivity contribution is 9.10. The van der Waals surface area contributed by atoms with Gasteiger partial charge in [-0.15, -0.1) is 11.8 Å². The molecule has 3 N–H and O–H groups in total. The molecule has 1 amide bonds. The number of nitrogen functional groups attached to an aromatic ring is 1. The van der Waals surface area contributed by atoms with Crippen LogP contribution in [0.4, 0.5) is 11.4 Å². The molecule has 0 aromatic heterocycles. The summed E-state index contributed by atoms with van der Waals surface area (Å²) in [5.41, 5.74) is 6.92. The fourth-order valence-corrected chi connectivity index (χ4v) is 3.38. The van der Waals surface area contributed by atoms with Crippen LogP contribution in [0.1, 0.15) is 0 Å². The van der Waals surface area contributed by atoms with Crippen LogP contribution >= 0.6 is 50.9 Å². The summed E-state index contributed by atoms with van der Waals surface area (Å²) >= 11 is 16.7. The highest BCUT2D eigenvalue weighted by Crippen LogP contribution is 2.31. The van der Waals surface area contributed by atoms with Crippen LogP contribution in [0.3, 0.4) is 0 Å². The van der Waals surface area contributed by atoms with Crippen molar-refractivity contribution in [3.05, 3.63) is 50.9 Å². The van der Waals surface area contributed by atoms with E-state index in [4.69, 9.17) is 28.9 Å². The van der Waals surface area contributed by atoms with E-state index in [0.717, 1.165) is 9.37 Å². The molecular formula is C14H11BrCl2N2OS. The van der Waals surface area contributed by atoms with Crippen LogP contribution in [0, 0.1) is 0 Å². The lowest BCUT2D eigenvalue weighted by Gasteiger charge is -2.10. The van der Waals surface area contributed by atoms with Crippen LogP contribution in [-0.2, 0) is 4.79 Å². The van der Waals surface area contributed by atoms with Gasteiger partial charge in [-0.05, 0) is 30.3 Å². The lowest BCUT2D eigenvalue weighted by atomic mass is 10.3. The molecule has 21 heavy (non-hydrogen) atoms. The molecule has 0 aliphatic carbocycles. The van der Waals surface area contributed by atoms with E-state index in [2.05, 4.69) is 21.2 Å². The molecule has 2 aromatic rings. The normalized spacial score (nSPS) is 10.4. The summed E-state index contributed by atoms with van der Waals surface area (Å²) in [6, 6.07) is 10.6. The first-order valence-corrected chi connectivity index (χ1v) is 8.42. The Morgan fingerprint density at radius 2 is 1.90 bits per heavy atom. The van der Waals surface area contributed by atoms with E-state index in [1.165, 1.54) is 11.8 Å². The quantitative estimate of drug-likeness (QED) is 0.551. The summed E-state index contributed by atoms with van der Waals surface area (Å²) in [6.45, 7) is 0. The van der Waals surface area contributed by atoms with Gasteiger partial charge in [0.05, 0.1) is 21.5 Å². The predicted octanol–water partition coefficient (Wildman–Crippen LogP) is 5.07. The van der Waals surface area contributed by atoms with Gasteiger partial charge in [0.1, 0.15) is 0 Å². The number of hydrogen-bond acceptors (Lipinski definition) is 3. The van der Waals surface area contributed by atoms with Gasteiger partial charge in [-0.1, -0.05) is 45.2 Å². The van der Waals surface area contributed by atoms with Crippen molar-refractivity contribution in [3.8, 4) is 0 Å². The molecule has 0 atom stereocenters. The van der Waals surface area contributed by atoms with Crippen molar-refractivity contribution in [2.75, 3.05) is 16.8 Å². The zero-order valence-electron chi connectivity index (χ0n) is 10.7. The van der Waals surface area contributed by atoms with E-state index in [9.17, 15) is 4.79 Å². The van der Waals surface area contributed by atoms with Gasteiger partial charge in [0.15, 0.2) is 0 Å². The first-order chi connectivity index (χ1) is 9.97. The number of rotatable bonds is 4. The Bertz CT molecular complexity index is 662. The number of thioether (sulfide) groups is 1. The molecule has 0 spiro atoms. The number of halogens is 3. The molecule has 2 aromatic carbocycles. The summed E-state index contributed by atoms with van der Waals surface area (Å²) in [4.78, 5) is 12.8. The van der Waals surface area contributed by atoms with Crippen LogP contribution in [0.15, 0.2) is 45.8 Å². The Labute approximate surface area is 145 Å². The van der Waals surface area contributed by atoms with E-state index in [1.807, 2.05) is 12.1 Å². The van der Waals surface area contributed by atoms with E-state index < -0.39 is 0 Å². The lowest BCUT2D eigenvalue weighted by Crippen LogP contribution is -2.14. The van der Waals surface area contributed by atoms with Crippen molar-refractivity contribution in [3.63, 3.8) is 0 Å². The van der Waals surface area contributed by atoms with Gasteiger partial charge in [-0.2, -0.15) is 0 Å². The molecular weight excluding hydrogens is 395 g/mol. The average Bonchev–Trinajstić information content (AvgIpc) is 2.44. The minimum absolute atomic E-state index is 0.200. The molecule has 0 fully saturated rings. The van der Waals surface area contributed by atoms with E-state index in [1.54, 1.807) is 24.3 Å². The predicted molar refractivity (Wildman–Crippen MR) is 94.4 cm³/mol. The molecule has 0 aliphatic rings. The maximum Gasteiger partial charge on any atom is 0.234 e. The molecule has 110 valence electrons. The number of hydrogen-bond donors (Lipinski definition) is 2. The van der Waals surface area contributed by atoms with Gasteiger partial charge >= 0.3 is 0 Å². The van der Waals surface area contributed by atoms with Gasteiger partial charge in [-0.25, -0.2) is 0 Å². The zero-order chi connectivity index (χ0) is 15.4. The van der Waals surface area contributed by atoms with Crippen molar-refractivity contribution >= 4 is 68.2 Å². The number of anilines is 2. The van der Waals surface area contributed by atoms with Crippen LogP contribution in [0.5, 0.6) is 0 Å². The summed E-state index contributed by atoms with van der Waals surface area (Å²) in [6.07, 6.45) is 0. The third-order valence-corrected chi connectivity index (χ3v) is 4.76. The highest BCUT2D eigenvalue weighted by Gasteiger charge is 2.11. The first kappa shape index (κ1) is 16.5. The smallest absolute Gasteiger partial charge is 0.234 e. The molecule has 0 heterocycles. The van der Waals surface area contributed by atoms with Gasteiger partial charge in [0.2, 0.25) is 5.91 Å². The maximum absolute atomic E-state index is 12.0. The Balaban J connectivity index is 2.01. The number of nitrogens with one attached hydrogen (secondary N) is 1. The number of nitrogens with two attached hydrogens (primary N) is 1. The van der Waals surface area contributed by atoms with Gasteiger partial charge in [0.25, 0.3) is 0 Å². The van der Waals surface area contributed by atoms with Crippen LogP contribution in [-0.4, -0.2) is 11.7 Å². The summed E-state index contributed by atoms with van der Waals surface area (Å²) in [5, 5.41) is 3.52. The van der Waals surface area contributed by atoms with Gasteiger partial charge in [0, 0.05) is 15.1 Å². The number of para-hydroxylation sites is 1. The minimum atomic E-state index is -0.200. The van der Waals surface area contributed by atoms with Crippen molar-refractivity contribution in [2.24, 2.45) is 0 Å². The van der Waals surface area contributed by atoms with Crippen molar-refractivity contribution in [2.45, 2.75) is 4.90 Å². The second-order valence-electron chi connectivity index (χ2n) is 4.12. The molecule has 0 radical (unpaired) electrons. The number of benzene rings is 2. The zero-order valence-corrected chi connectivity index (χ0v) is 14.6. The second-order valence-corrected chi connectivity index (χ2v) is 6.86. The molecule has 0 saturated carbocycles. The number of carbonyl (C=O) groups excluding carboxylic acids is 1. The fraction of sp³-hybridized carbons (Fsp3) is 0.0714. The van der Waals surface area contributed by atoms with Crippen molar-refractivity contribution < 1.29 is 4.79 Å². The lowest BCUT2D eigenvalue weighted by molar-refractivity contribution is -0.113. The molecule has 0 aliphatic heterocycles. The third kappa shape index (κ3) is 4.54. The summed E-state index contributed by atoms with van der Waals surface area (Å²) < 4.78 is 0.911. The molecule has 0 saturated heterocycles. The Hall–Kier alpha value is -0.880. The summed E-state index contributed by atoms with van der Waals surface area (Å²) in [5.74, 6) is 0.0109. The average molecular weight is 406 g/mol. The maximum atomic E-state index is 12.0. The summed E-state index contributed by atoms with van der Waals surface area (Å²) in [7, 11) is 0. The van der Waals surface area contributed by atoms with Gasteiger partial charge in [-0.3, -0.25) is 4.79 Å². The Kier molecular flexibility index (Phi) is 5.81. The number of amides is 1. The van der Waals surface area contributed by atoms with Gasteiger partial charge < -0.3 is 11.1 Å². The van der Waals surface area contributed by atoms with Crippen LogP contribution in [0.25, 0.3) is 0 Å². The molecule has 7 heteroatoms. The molecule has 0 unspecified atom stereocenters. The fourth-order valence-electron chi connectivity index (χ4n) is 1.57. The van der Waals surface area contributed by atoms with Crippen molar-refractivity contribution in [1.29, 1.82) is 0 Å². The monoisotopic (exact) mass is 404 g/mol. The van der Waals surface area contributed by atoms with E-state index in [0.29, 0.717) is 21.4 Å². The standard InChI is InChI=1S/C14H11BrCl2N2OS/c15-8-4-5-11(18)12(6-8)21-7-13(20)19-14-9(16)2-1-3-10(14)17/h1-6H,7,18H2,(H,19,20). The number of carbonyl (C=O) groups is 1. The molecule has 0 bridgehead atoms. The third-order valence-electron chi connectivity index (χ3n) is 2.56. The minimum Gasteiger partial charge on any atom is -0.398 e. The Morgan fingerprint density at radius 1 is 1.24 bits per heavy atom. The van der Waals surface area contributed by atoms with Crippen LogP contribution < -0.4 is 11.1 Å². The topological polar surface area (TPSA) is 55.1 Å². The first-order valence-electron chi connectivity index (χ1n) is 5.89. The largest absolute Gasteiger partial charge is 0.398 e. The SMILES string of the molecule is Nc1ccc(Br)cc1SCC(=O)Nc1c(Cl)cccc1Cl. The van der Waals surface area contributed by atoms with E-state index >= 15 is 0 Å². The van der Waals surface area contributed by atoms with Crippen molar-refractivity contribution in [1.82, 2.24) is 0 Å². The second kappa shape index (κ2) is 7.40. The molecule has 3 nitrogen and oxygen atoms in total.